The zero-order valence-corrected chi connectivity index (χ0v) is 13.3. The standard InChI is InChI=1S/C18H16FN3O3/c19-14-8-6-13(7-9-14)18-22-21-17(25-18)10-11-20-16(23)12-24-15-4-2-1-3-5-15/h1-9H,10-12H2,(H,20,23). The molecule has 0 spiro atoms. The number of hydrogen-bond acceptors (Lipinski definition) is 5. The van der Waals surface area contributed by atoms with Crippen LogP contribution in [0.5, 0.6) is 5.75 Å². The monoisotopic (exact) mass is 341 g/mol. The average molecular weight is 341 g/mol. The molecule has 1 heterocycles. The van der Waals surface area contributed by atoms with E-state index in [1.165, 1.54) is 12.1 Å². The number of amides is 1. The van der Waals surface area contributed by atoms with Gasteiger partial charge in [-0.3, -0.25) is 4.79 Å². The van der Waals surface area contributed by atoms with Crippen molar-refractivity contribution in [3.63, 3.8) is 0 Å². The van der Waals surface area contributed by atoms with E-state index in [0.717, 1.165) is 0 Å². The van der Waals surface area contributed by atoms with E-state index in [1.54, 1.807) is 24.3 Å². The summed E-state index contributed by atoms with van der Waals surface area (Å²) in [5, 5.41) is 10.5. The third-order valence-corrected chi connectivity index (χ3v) is 3.33. The number of carbonyl (C=O) groups is 1. The van der Waals surface area contributed by atoms with Gasteiger partial charge in [0.1, 0.15) is 11.6 Å². The van der Waals surface area contributed by atoms with Crippen molar-refractivity contribution < 1.29 is 18.3 Å². The van der Waals surface area contributed by atoms with Crippen LogP contribution in [0.1, 0.15) is 5.89 Å². The molecule has 1 amide bonds. The summed E-state index contributed by atoms with van der Waals surface area (Å²) in [4.78, 5) is 11.7. The molecule has 25 heavy (non-hydrogen) atoms. The van der Waals surface area contributed by atoms with Crippen LogP contribution in [-0.2, 0) is 11.2 Å². The highest BCUT2D eigenvalue weighted by Gasteiger charge is 2.09. The Hall–Kier alpha value is -3.22. The van der Waals surface area contributed by atoms with Crippen molar-refractivity contribution >= 4 is 5.91 Å². The van der Waals surface area contributed by atoms with Gasteiger partial charge in [0.2, 0.25) is 11.8 Å². The second-order valence-corrected chi connectivity index (χ2v) is 5.21. The Morgan fingerprint density at radius 3 is 2.60 bits per heavy atom. The first-order chi connectivity index (χ1) is 12.2. The van der Waals surface area contributed by atoms with Gasteiger partial charge < -0.3 is 14.5 Å². The van der Waals surface area contributed by atoms with Crippen LogP contribution in [-0.4, -0.2) is 29.3 Å². The maximum absolute atomic E-state index is 12.9. The molecule has 0 aliphatic rings. The second kappa shape index (κ2) is 8.05. The molecule has 6 nitrogen and oxygen atoms in total. The molecule has 0 aliphatic carbocycles. The maximum atomic E-state index is 12.9. The fourth-order valence-electron chi connectivity index (χ4n) is 2.09. The first-order valence-electron chi connectivity index (χ1n) is 7.73. The van der Waals surface area contributed by atoms with Gasteiger partial charge in [0.05, 0.1) is 0 Å². The molecule has 3 rings (SSSR count). The Bertz CT molecular complexity index is 819. The molecule has 0 unspecified atom stereocenters. The SMILES string of the molecule is O=C(COc1ccccc1)NCCc1nnc(-c2ccc(F)cc2)o1. The summed E-state index contributed by atoms with van der Waals surface area (Å²) in [7, 11) is 0. The minimum absolute atomic E-state index is 0.0608. The fourth-order valence-corrected chi connectivity index (χ4v) is 2.09. The van der Waals surface area contributed by atoms with E-state index < -0.39 is 0 Å². The Morgan fingerprint density at radius 1 is 1.08 bits per heavy atom. The summed E-state index contributed by atoms with van der Waals surface area (Å²) in [5.41, 5.74) is 0.639. The molecule has 0 saturated heterocycles. The highest BCUT2D eigenvalue weighted by atomic mass is 19.1. The van der Waals surface area contributed by atoms with Crippen LogP contribution in [0.2, 0.25) is 0 Å². The lowest BCUT2D eigenvalue weighted by Crippen LogP contribution is -2.30. The number of rotatable bonds is 7. The van der Waals surface area contributed by atoms with Crippen molar-refractivity contribution in [1.82, 2.24) is 15.5 Å². The summed E-state index contributed by atoms with van der Waals surface area (Å²) >= 11 is 0. The van der Waals surface area contributed by atoms with Crippen molar-refractivity contribution in [2.24, 2.45) is 0 Å². The lowest BCUT2D eigenvalue weighted by Gasteiger charge is -2.06. The van der Waals surface area contributed by atoms with Gasteiger partial charge in [0.15, 0.2) is 6.61 Å². The van der Waals surface area contributed by atoms with Crippen LogP contribution in [0, 0.1) is 5.82 Å². The second-order valence-electron chi connectivity index (χ2n) is 5.21. The first-order valence-corrected chi connectivity index (χ1v) is 7.73. The number of para-hydroxylation sites is 1. The normalized spacial score (nSPS) is 10.4. The molecular weight excluding hydrogens is 325 g/mol. The number of carbonyl (C=O) groups excluding carboxylic acids is 1. The van der Waals surface area contributed by atoms with Gasteiger partial charge in [-0.05, 0) is 36.4 Å². The third kappa shape index (κ3) is 4.87. The maximum Gasteiger partial charge on any atom is 0.257 e. The summed E-state index contributed by atoms with van der Waals surface area (Å²) in [6.07, 6.45) is 0.394. The highest BCUT2D eigenvalue weighted by molar-refractivity contribution is 5.77. The Balaban J connectivity index is 1.43. The van der Waals surface area contributed by atoms with Gasteiger partial charge in [0.25, 0.3) is 5.91 Å². The predicted octanol–water partition coefficient (Wildman–Crippen LogP) is 2.61. The van der Waals surface area contributed by atoms with Gasteiger partial charge >= 0.3 is 0 Å². The third-order valence-electron chi connectivity index (χ3n) is 3.33. The molecule has 0 atom stereocenters. The summed E-state index contributed by atoms with van der Waals surface area (Å²) in [6, 6.07) is 14.9. The molecule has 1 N–H and O–H groups in total. The molecule has 0 aliphatic heterocycles. The minimum Gasteiger partial charge on any atom is -0.484 e. The number of nitrogens with zero attached hydrogens (tertiary/aromatic N) is 2. The average Bonchev–Trinajstić information content (AvgIpc) is 3.10. The molecule has 0 radical (unpaired) electrons. The van der Waals surface area contributed by atoms with E-state index in [1.807, 2.05) is 18.2 Å². The molecule has 2 aromatic carbocycles. The highest BCUT2D eigenvalue weighted by Crippen LogP contribution is 2.18. The van der Waals surface area contributed by atoms with Crippen LogP contribution in [0.25, 0.3) is 11.5 Å². The number of nitrogens with one attached hydrogen (secondary N) is 1. The molecule has 1 aromatic heterocycles. The van der Waals surface area contributed by atoms with Crippen LogP contribution < -0.4 is 10.1 Å². The lowest BCUT2D eigenvalue weighted by molar-refractivity contribution is -0.123. The predicted molar refractivity (Wildman–Crippen MR) is 88.3 cm³/mol. The summed E-state index contributed by atoms with van der Waals surface area (Å²) in [6.45, 7) is 0.288. The van der Waals surface area contributed by atoms with E-state index in [9.17, 15) is 9.18 Å². The van der Waals surface area contributed by atoms with E-state index in [4.69, 9.17) is 9.15 Å². The van der Waals surface area contributed by atoms with Crippen molar-refractivity contribution in [2.45, 2.75) is 6.42 Å². The van der Waals surface area contributed by atoms with Crippen LogP contribution >= 0.6 is 0 Å². The smallest absolute Gasteiger partial charge is 0.257 e. The molecular formula is C18H16FN3O3. The zero-order valence-electron chi connectivity index (χ0n) is 13.3. The molecule has 0 fully saturated rings. The number of ether oxygens (including phenoxy) is 1. The minimum atomic E-state index is -0.330. The van der Waals surface area contributed by atoms with Crippen LogP contribution in [0.3, 0.4) is 0 Å². The van der Waals surface area contributed by atoms with E-state index in [2.05, 4.69) is 15.5 Å². The van der Waals surface area contributed by atoms with Crippen molar-refractivity contribution in [3.05, 3.63) is 66.3 Å². The Kier molecular flexibility index (Phi) is 5.36. The number of benzene rings is 2. The van der Waals surface area contributed by atoms with Gasteiger partial charge in [-0.1, -0.05) is 18.2 Å². The Labute approximate surface area is 143 Å². The number of halogens is 1. The molecule has 7 heteroatoms. The van der Waals surface area contributed by atoms with Gasteiger partial charge in [-0.2, -0.15) is 0 Å². The number of hydrogen-bond donors (Lipinski definition) is 1. The molecule has 0 saturated carbocycles. The van der Waals surface area contributed by atoms with Crippen LogP contribution in [0.4, 0.5) is 4.39 Å². The quantitative estimate of drug-likeness (QED) is 0.715. The zero-order chi connectivity index (χ0) is 17.5. The Morgan fingerprint density at radius 2 is 1.84 bits per heavy atom. The molecule has 3 aromatic rings. The van der Waals surface area contributed by atoms with E-state index in [0.29, 0.717) is 36.1 Å². The van der Waals surface area contributed by atoms with Gasteiger partial charge in [-0.15, -0.1) is 10.2 Å². The van der Waals surface area contributed by atoms with Crippen molar-refractivity contribution in [3.8, 4) is 17.2 Å². The lowest BCUT2D eigenvalue weighted by atomic mass is 10.2. The first kappa shape index (κ1) is 16.6. The fraction of sp³-hybridized carbons (Fsp3) is 0.167. The molecule has 128 valence electrons. The topological polar surface area (TPSA) is 77.2 Å². The number of aromatic nitrogens is 2. The van der Waals surface area contributed by atoms with Crippen molar-refractivity contribution in [2.75, 3.05) is 13.2 Å². The van der Waals surface area contributed by atoms with E-state index in [-0.39, 0.29) is 18.3 Å². The van der Waals surface area contributed by atoms with Gasteiger partial charge in [0, 0.05) is 18.5 Å². The largest absolute Gasteiger partial charge is 0.484 e. The van der Waals surface area contributed by atoms with E-state index >= 15 is 0 Å². The van der Waals surface area contributed by atoms with Crippen molar-refractivity contribution in [1.29, 1.82) is 0 Å². The van der Waals surface area contributed by atoms with Crippen LogP contribution in [0.15, 0.2) is 59.0 Å². The van der Waals surface area contributed by atoms with Gasteiger partial charge in [-0.25, -0.2) is 4.39 Å². The summed E-state index contributed by atoms with van der Waals surface area (Å²) in [5.74, 6) is 0.780. The summed E-state index contributed by atoms with van der Waals surface area (Å²) < 4.78 is 23.7. The molecule has 0 bridgehead atoms.